The number of aromatic nitrogens is 4. The maximum absolute atomic E-state index is 12.9. The number of ether oxygens (including phenoxy) is 1. The number of thioether (sulfide) groups is 1. The molecule has 1 N–H and O–H groups in total. The molecule has 2 aromatic rings. The summed E-state index contributed by atoms with van der Waals surface area (Å²) in [5.41, 5.74) is 1.88. The van der Waals surface area contributed by atoms with Crippen LogP contribution < -0.4 is 15.6 Å². The summed E-state index contributed by atoms with van der Waals surface area (Å²) in [6, 6.07) is 0.0508. The van der Waals surface area contributed by atoms with Gasteiger partial charge in [-0.2, -0.15) is 0 Å². The van der Waals surface area contributed by atoms with Gasteiger partial charge in [-0.15, -0.1) is 0 Å². The summed E-state index contributed by atoms with van der Waals surface area (Å²) in [6.07, 6.45) is 11.5. The number of aryl methyl sites for hydroxylation is 1. The van der Waals surface area contributed by atoms with Crippen LogP contribution in [0.25, 0.3) is 0 Å². The van der Waals surface area contributed by atoms with Crippen molar-refractivity contribution in [3.05, 3.63) is 40.2 Å². The first-order valence-corrected chi connectivity index (χ1v) is 11.6. The molecule has 0 spiro atoms. The third-order valence-corrected chi connectivity index (χ3v) is 7.26. The monoisotopic (exact) mass is 427 g/mol. The van der Waals surface area contributed by atoms with E-state index in [-0.39, 0.29) is 29.7 Å². The molecule has 1 atom stereocenters. The highest BCUT2D eigenvalue weighted by Crippen LogP contribution is 2.34. The topological polar surface area (TPSA) is 99.0 Å². The molecule has 5 rings (SSSR count). The predicted molar refractivity (Wildman–Crippen MR) is 112 cm³/mol. The van der Waals surface area contributed by atoms with E-state index in [4.69, 9.17) is 4.74 Å². The molecule has 158 valence electrons. The summed E-state index contributed by atoms with van der Waals surface area (Å²) in [4.78, 5) is 38.4. The molecule has 0 bridgehead atoms. The second-order valence-corrected chi connectivity index (χ2v) is 9.21. The quantitative estimate of drug-likeness (QED) is 0.729. The van der Waals surface area contributed by atoms with Gasteiger partial charge in [0.1, 0.15) is 6.10 Å². The molecule has 0 aromatic carbocycles. The highest BCUT2D eigenvalue weighted by molar-refractivity contribution is 7.99. The predicted octanol–water partition coefficient (Wildman–Crippen LogP) is 2.07. The van der Waals surface area contributed by atoms with Crippen LogP contribution in [0.1, 0.15) is 55.8 Å². The highest BCUT2D eigenvalue weighted by atomic mass is 32.2. The van der Waals surface area contributed by atoms with Crippen LogP contribution in [-0.2, 0) is 17.6 Å². The lowest BCUT2D eigenvalue weighted by atomic mass is 9.92. The van der Waals surface area contributed by atoms with Gasteiger partial charge >= 0.3 is 0 Å². The smallest absolute Gasteiger partial charge is 0.257 e. The Bertz CT molecular complexity index is 988. The van der Waals surface area contributed by atoms with Gasteiger partial charge in [0.05, 0.1) is 17.9 Å². The van der Waals surface area contributed by atoms with Crippen LogP contribution in [0.2, 0.25) is 0 Å². The number of fused-ring (bicyclic) bond motifs is 2. The van der Waals surface area contributed by atoms with Crippen LogP contribution in [0.15, 0.2) is 28.5 Å². The Labute approximate surface area is 178 Å². The molecule has 9 heteroatoms. The van der Waals surface area contributed by atoms with E-state index >= 15 is 0 Å². The minimum absolute atomic E-state index is 0.0131. The maximum atomic E-state index is 12.9. The van der Waals surface area contributed by atoms with Crippen molar-refractivity contribution < 1.29 is 9.53 Å². The Morgan fingerprint density at radius 2 is 2.10 bits per heavy atom. The van der Waals surface area contributed by atoms with Crippen LogP contribution in [0.3, 0.4) is 0 Å². The summed E-state index contributed by atoms with van der Waals surface area (Å²) < 4.78 is 7.63. The van der Waals surface area contributed by atoms with Gasteiger partial charge in [-0.05, 0) is 44.9 Å². The summed E-state index contributed by atoms with van der Waals surface area (Å²) >= 11 is 1.59. The van der Waals surface area contributed by atoms with Crippen LogP contribution >= 0.6 is 11.8 Å². The standard InChI is InChI=1S/C21H25N5O3S/c27-18(24-13-4-6-15(7-5-13)29-19-11-22-8-9-23-19)10-14-12-30-21-25-17-3-1-2-16(17)20(28)26(14)21/h8-9,11,13-15H,1-7,10,12H2,(H,24,27). The highest BCUT2D eigenvalue weighted by Gasteiger charge is 2.32. The van der Waals surface area contributed by atoms with Crippen molar-refractivity contribution in [1.82, 2.24) is 24.8 Å². The minimum Gasteiger partial charge on any atom is -0.473 e. The number of amides is 1. The zero-order valence-corrected chi connectivity index (χ0v) is 17.6. The minimum atomic E-state index is -0.104. The molecular weight excluding hydrogens is 402 g/mol. The lowest BCUT2D eigenvalue weighted by Gasteiger charge is -2.29. The fourth-order valence-corrected chi connectivity index (χ4v) is 5.80. The third kappa shape index (κ3) is 3.95. The van der Waals surface area contributed by atoms with Crippen molar-refractivity contribution in [1.29, 1.82) is 0 Å². The van der Waals surface area contributed by atoms with E-state index in [1.807, 2.05) is 0 Å². The fraction of sp³-hybridized carbons (Fsp3) is 0.571. The van der Waals surface area contributed by atoms with E-state index in [1.165, 1.54) is 0 Å². The van der Waals surface area contributed by atoms with Crippen LogP contribution in [0.4, 0.5) is 0 Å². The van der Waals surface area contributed by atoms with E-state index in [0.29, 0.717) is 12.3 Å². The van der Waals surface area contributed by atoms with E-state index in [1.54, 1.807) is 34.9 Å². The Kier molecular flexibility index (Phi) is 5.45. The largest absolute Gasteiger partial charge is 0.473 e. The average molecular weight is 428 g/mol. The average Bonchev–Trinajstić information content (AvgIpc) is 3.38. The third-order valence-electron chi connectivity index (χ3n) is 6.16. The first kappa shape index (κ1) is 19.5. The van der Waals surface area contributed by atoms with E-state index < -0.39 is 0 Å². The molecule has 30 heavy (non-hydrogen) atoms. The molecule has 0 saturated heterocycles. The van der Waals surface area contributed by atoms with Crippen molar-refractivity contribution >= 4 is 17.7 Å². The van der Waals surface area contributed by atoms with Gasteiger partial charge in [-0.25, -0.2) is 9.97 Å². The van der Waals surface area contributed by atoms with Crippen molar-refractivity contribution in [2.24, 2.45) is 0 Å². The number of nitrogens with zero attached hydrogens (tertiary/aromatic N) is 4. The lowest BCUT2D eigenvalue weighted by molar-refractivity contribution is -0.122. The molecule has 1 amide bonds. The summed E-state index contributed by atoms with van der Waals surface area (Å²) in [5.74, 6) is 1.30. The van der Waals surface area contributed by atoms with E-state index in [2.05, 4.69) is 20.3 Å². The van der Waals surface area contributed by atoms with Crippen LogP contribution in [-0.4, -0.2) is 43.3 Å². The summed E-state index contributed by atoms with van der Waals surface area (Å²) in [6.45, 7) is 0. The van der Waals surface area contributed by atoms with Crippen molar-refractivity contribution in [3.8, 4) is 5.88 Å². The normalized spacial score (nSPS) is 24.9. The van der Waals surface area contributed by atoms with Gasteiger partial charge in [0, 0.05) is 36.2 Å². The van der Waals surface area contributed by atoms with Gasteiger partial charge in [0.25, 0.3) is 5.56 Å². The molecular formula is C21H25N5O3S. The van der Waals surface area contributed by atoms with Gasteiger partial charge in [0.15, 0.2) is 5.16 Å². The number of hydrogen-bond donors (Lipinski definition) is 1. The SMILES string of the molecule is O=C(CC1CSc2nc3c(c(=O)n21)CCC3)NC1CCC(Oc2cnccn2)CC1. The Morgan fingerprint density at radius 3 is 2.90 bits per heavy atom. The van der Waals surface area contributed by atoms with Gasteiger partial charge in [-0.3, -0.25) is 19.1 Å². The Hall–Kier alpha value is -2.42. The zero-order chi connectivity index (χ0) is 20.5. The van der Waals surface area contributed by atoms with E-state index in [0.717, 1.165) is 67.1 Å². The lowest BCUT2D eigenvalue weighted by Crippen LogP contribution is -2.41. The number of rotatable bonds is 5. The van der Waals surface area contributed by atoms with Crippen LogP contribution in [0, 0.1) is 0 Å². The molecule has 8 nitrogen and oxygen atoms in total. The van der Waals surface area contributed by atoms with Crippen molar-refractivity contribution in [3.63, 3.8) is 0 Å². The second-order valence-electron chi connectivity index (χ2n) is 8.22. The van der Waals surface area contributed by atoms with E-state index in [9.17, 15) is 9.59 Å². The molecule has 2 aliphatic carbocycles. The number of carbonyl (C=O) groups is 1. The molecule has 1 saturated carbocycles. The molecule has 3 aliphatic rings. The molecule has 1 aliphatic heterocycles. The number of hydrogen-bond acceptors (Lipinski definition) is 7. The fourth-order valence-electron chi connectivity index (χ4n) is 4.65. The molecule has 1 fully saturated rings. The zero-order valence-electron chi connectivity index (χ0n) is 16.7. The van der Waals surface area contributed by atoms with Crippen molar-refractivity contribution in [2.75, 3.05) is 5.75 Å². The van der Waals surface area contributed by atoms with Crippen molar-refractivity contribution in [2.45, 2.75) is 74.7 Å². The van der Waals surface area contributed by atoms with Gasteiger partial charge in [0.2, 0.25) is 11.8 Å². The Morgan fingerprint density at radius 1 is 1.23 bits per heavy atom. The second kappa shape index (κ2) is 8.37. The van der Waals surface area contributed by atoms with Crippen LogP contribution in [0.5, 0.6) is 5.88 Å². The first-order chi connectivity index (χ1) is 14.7. The summed E-state index contributed by atoms with van der Waals surface area (Å²) in [7, 11) is 0. The van der Waals surface area contributed by atoms with Gasteiger partial charge < -0.3 is 10.1 Å². The maximum Gasteiger partial charge on any atom is 0.257 e. The Balaban J connectivity index is 1.15. The summed E-state index contributed by atoms with van der Waals surface area (Å²) in [5, 5.41) is 3.94. The molecule has 2 aromatic heterocycles. The molecule has 0 radical (unpaired) electrons. The number of nitrogens with one attached hydrogen (secondary N) is 1. The number of carbonyl (C=O) groups excluding carboxylic acids is 1. The van der Waals surface area contributed by atoms with Gasteiger partial charge in [-0.1, -0.05) is 11.8 Å². The molecule has 1 unspecified atom stereocenters. The first-order valence-electron chi connectivity index (χ1n) is 10.7. The molecule has 3 heterocycles.